The van der Waals surface area contributed by atoms with Crippen molar-refractivity contribution in [3.05, 3.63) is 65.7 Å². The normalized spacial score (nSPS) is 25.9. The molecule has 0 aromatic heterocycles. The number of alkyl carbamates (subject to hydrolysis) is 1. The highest BCUT2D eigenvalue weighted by atomic mass is 16.5. The van der Waals surface area contributed by atoms with Crippen LogP contribution in [0.2, 0.25) is 0 Å². The molecule has 0 aliphatic carbocycles. The third kappa shape index (κ3) is 4.59. The maximum absolute atomic E-state index is 13.6. The number of carbonyl (C=O) groups is 4. The molecule has 3 aliphatic heterocycles. The Morgan fingerprint density at radius 1 is 1.05 bits per heavy atom. The lowest BCUT2D eigenvalue weighted by atomic mass is 9.78. The molecule has 2 aromatic carbocycles. The Morgan fingerprint density at radius 2 is 1.78 bits per heavy atom. The number of hydrogen-bond donors (Lipinski definition) is 3. The highest BCUT2D eigenvalue weighted by Gasteiger charge is 2.55. The molecule has 4 amide bonds. The van der Waals surface area contributed by atoms with Crippen molar-refractivity contribution in [2.75, 3.05) is 25.5 Å². The Kier molecular flexibility index (Phi) is 6.73. The summed E-state index contributed by atoms with van der Waals surface area (Å²) in [6.07, 6.45) is -0.159. The van der Waals surface area contributed by atoms with Crippen LogP contribution in [-0.2, 0) is 25.7 Å². The lowest BCUT2D eigenvalue weighted by Crippen LogP contribution is -2.73. The Morgan fingerprint density at radius 3 is 2.54 bits per heavy atom. The van der Waals surface area contributed by atoms with Crippen molar-refractivity contribution < 1.29 is 23.9 Å². The molecule has 194 valence electrons. The van der Waals surface area contributed by atoms with Crippen molar-refractivity contribution in [3.8, 4) is 0 Å². The van der Waals surface area contributed by atoms with E-state index in [1.807, 2.05) is 54.6 Å². The highest BCUT2D eigenvalue weighted by molar-refractivity contribution is 5.99. The first-order valence-corrected chi connectivity index (χ1v) is 12.5. The predicted molar refractivity (Wildman–Crippen MR) is 136 cm³/mol. The topological polar surface area (TPSA) is 120 Å². The molecule has 3 heterocycles. The molecular weight excluding hydrogens is 474 g/mol. The largest absolute Gasteiger partial charge is 0.445 e. The van der Waals surface area contributed by atoms with Gasteiger partial charge >= 0.3 is 6.09 Å². The van der Waals surface area contributed by atoms with E-state index in [0.29, 0.717) is 6.42 Å². The molecule has 2 aromatic rings. The van der Waals surface area contributed by atoms with Crippen molar-refractivity contribution in [3.63, 3.8) is 0 Å². The number of amides is 4. The standard InChI is InChI=1S/C27H31N5O5/c1-16-25(34)32-21(26(35)31(16)14-23(33)28-2)12-19-18-10-6-7-11-20(18)30-24(19)22(32)13-29-27(36)37-15-17-8-4-3-5-9-17/h3-11,16,19,21-22,24,30H,12-15H2,1-2H3,(H,28,33)(H,29,36)/t16-,19?,21-,22-,24?/m0/s1. The predicted octanol–water partition coefficient (Wildman–Crippen LogP) is 1.44. The van der Waals surface area contributed by atoms with Gasteiger partial charge in [-0.25, -0.2) is 4.79 Å². The van der Waals surface area contributed by atoms with E-state index < -0.39 is 24.2 Å². The first-order valence-electron chi connectivity index (χ1n) is 12.5. The average Bonchev–Trinajstić information content (AvgIpc) is 3.30. The van der Waals surface area contributed by atoms with Gasteiger partial charge in [-0.15, -0.1) is 0 Å². The van der Waals surface area contributed by atoms with E-state index in [-0.39, 0.29) is 49.4 Å². The third-order valence-electron chi connectivity index (χ3n) is 7.61. The number of ether oxygens (including phenoxy) is 1. The number of para-hydroxylation sites is 1. The van der Waals surface area contributed by atoms with E-state index in [1.54, 1.807) is 11.8 Å². The van der Waals surface area contributed by atoms with E-state index in [9.17, 15) is 19.2 Å². The van der Waals surface area contributed by atoms with E-state index in [4.69, 9.17) is 4.74 Å². The number of benzene rings is 2. The number of carbonyl (C=O) groups excluding carboxylic acids is 4. The number of anilines is 1. The molecule has 0 radical (unpaired) electrons. The van der Waals surface area contributed by atoms with Crippen LogP contribution in [0.25, 0.3) is 0 Å². The van der Waals surface area contributed by atoms with Crippen LogP contribution in [-0.4, -0.2) is 77.9 Å². The van der Waals surface area contributed by atoms with Crippen LogP contribution in [0.15, 0.2) is 54.6 Å². The van der Waals surface area contributed by atoms with Crippen LogP contribution in [0.5, 0.6) is 0 Å². The summed E-state index contributed by atoms with van der Waals surface area (Å²) in [5, 5.41) is 8.87. The van der Waals surface area contributed by atoms with E-state index in [2.05, 4.69) is 16.0 Å². The van der Waals surface area contributed by atoms with Crippen LogP contribution < -0.4 is 16.0 Å². The summed E-state index contributed by atoms with van der Waals surface area (Å²) in [6.45, 7) is 1.71. The van der Waals surface area contributed by atoms with Gasteiger partial charge in [0.25, 0.3) is 0 Å². The summed E-state index contributed by atoms with van der Waals surface area (Å²) in [7, 11) is 1.50. The molecule has 3 aliphatic rings. The van der Waals surface area contributed by atoms with Crippen molar-refractivity contribution in [1.29, 1.82) is 0 Å². The van der Waals surface area contributed by atoms with Gasteiger partial charge in [-0.3, -0.25) is 14.4 Å². The van der Waals surface area contributed by atoms with Crippen molar-refractivity contribution in [2.45, 2.75) is 50.0 Å². The Bertz CT molecular complexity index is 1200. The van der Waals surface area contributed by atoms with Crippen molar-refractivity contribution in [1.82, 2.24) is 20.4 Å². The molecule has 2 unspecified atom stereocenters. The summed E-state index contributed by atoms with van der Waals surface area (Å²) >= 11 is 0. The fourth-order valence-electron chi connectivity index (χ4n) is 5.73. The average molecular weight is 506 g/mol. The minimum Gasteiger partial charge on any atom is -0.445 e. The molecular formula is C27H31N5O5. The number of hydrogen-bond acceptors (Lipinski definition) is 6. The summed E-state index contributed by atoms with van der Waals surface area (Å²) < 4.78 is 5.38. The van der Waals surface area contributed by atoms with Crippen LogP contribution in [0.4, 0.5) is 10.5 Å². The lowest BCUT2D eigenvalue weighted by Gasteiger charge is -2.53. The lowest BCUT2D eigenvalue weighted by molar-refractivity contribution is -0.168. The van der Waals surface area contributed by atoms with E-state index in [0.717, 1.165) is 16.8 Å². The molecule has 10 heteroatoms. The van der Waals surface area contributed by atoms with Gasteiger partial charge in [-0.05, 0) is 30.5 Å². The first-order chi connectivity index (χ1) is 17.9. The minimum atomic E-state index is -0.797. The molecule has 10 nitrogen and oxygen atoms in total. The number of fused-ring (bicyclic) bond motifs is 4. The van der Waals surface area contributed by atoms with Gasteiger partial charge in [-0.2, -0.15) is 0 Å². The molecule has 2 fully saturated rings. The molecule has 0 saturated carbocycles. The van der Waals surface area contributed by atoms with Gasteiger partial charge in [-0.1, -0.05) is 48.5 Å². The molecule has 37 heavy (non-hydrogen) atoms. The number of rotatable bonds is 6. The second-order valence-electron chi connectivity index (χ2n) is 9.69. The van der Waals surface area contributed by atoms with E-state index in [1.165, 1.54) is 11.9 Å². The van der Waals surface area contributed by atoms with Crippen LogP contribution in [0.3, 0.4) is 0 Å². The third-order valence-corrected chi connectivity index (χ3v) is 7.61. The first kappa shape index (κ1) is 24.6. The number of nitrogens with zero attached hydrogens (tertiary/aromatic N) is 2. The summed E-state index contributed by atoms with van der Waals surface area (Å²) in [6, 6.07) is 15.1. The molecule has 5 atom stereocenters. The van der Waals surface area contributed by atoms with Gasteiger partial charge in [0.05, 0.1) is 12.1 Å². The Labute approximate surface area is 215 Å². The van der Waals surface area contributed by atoms with E-state index >= 15 is 0 Å². The number of piperidine rings is 1. The van der Waals surface area contributed by atoms with Crippen LogP contribution in [0, 0.1) is 0 Å². The molecule has 0 spiro atoms. The number of piperazine rings is 1. The van der Waals surface area contributed by atoms with Crippen molar-refractivity contribution >= 4 is 29.5 Å². The second kappa shape index (κ2) is 10.1. The summed E-state index contributed by atoms with van der Waals surface area (Å²) in [5.41, 5.74) is 2.91. The van der Waals surface area contributed by atoms with Gasteiger partial charge in [0, 0.05) is 25.2 Å². The maximum atomic E-state index is 13.6. The summed E-state index contributed by atoms with van der Waals surface area (Å²) in [4.78, 5) is 54.9. The molecule has 2 saturated heterocycles. The Hall–Kier alpha value is -4.08. The highest BCUT2D eigenvalue weighted by Crippen LogP contribution is 2.46. The van der Waals surface area contributed by atoms with Crippen molar-refractivity contribution in [2.24, 2.45) is 0 Å². The monoisotopic (exact) mass is 505 g/mol. The number of likely N-dealkylation sites (N-methyl/N-ethyl adjacent to an activating group) is 1. The van der Waals surface area contributed by atoms with Gasteiger partial charge < -0.3 is 30.5 Å². The second-order valence-corrected chi connectivity index (χ2v) is 9.69. The van der Waals surface area contributed by atoms with Gasteiger partial charge in [0.15, 0.2) is 0 Å². The minimum absolute atomic E-state index is 0.0309. The van der Waals surface area contributed by atoms with Gasteiger partial charge in [0.2, 0.25) is 17.7 Å². The zero-order valence-corrected chi connectivity index (χ0v) is 20.8. The fourth-order valence-corrected chi connectivity index (χ4v) is 5.73. The van der Waals surface area contributed by atoms with Gasteiger partial charge in [0.1, 0.15) is 25.2 Å². The summed E-state index contributed by atoms with van der Waals surface area (Å²) in [5.74, 6) is -0.858. The fraction of sp³-hybridized carbons (Fsp3) is 0.407. The molecule has 3 N–H and O–H groups in total. The quantitative estimate of drug-likeness (QED) is 0.547. The number of nitrogens with one attached hydrogen (secondary N) is 3. The zero-order chi connectivity index (χ0) is 26.1. The zero-order valence-electron chi connectivity index (χ0n) is 20.8. The maximum Gasteiger partial charge on any atom is 0.407 e. The smallest absolute Gasteiger partial charge is 0.407 e. The van der Waals surface area contributed by atoms with Crippen LogP contribution in [0.1, 0.15) is 30.4 Å². The molecule has 0 bridgehead atoms. The SMILES string of the molecule is CNC(=O)CN1C(=O)[C@@H]2CC3c4ccccc4NC3[C@H](CNC(=O)OCc3ccccc3)N2C(=O)[C@@H]1C. The Balaban J connectivity index is 1.38. The molecule has 5 rings (SSSR count). The van der Waals surface area contributed by atoms with Crippen LogP contribution >= 0.6 is 0 Å².